The summed E-state index contributed by atoms with van der Waals surface area (Å²) in [6, 6.07) is 19.3. The lowest BCUT2D eigenvalue weighted by Crippen LogP contribution is -2.20. The smallest absolute Gasteiger partial charge is 0.261 e. The highest BCUT2D eigenvalue weighted by molar-refractivity contribution is 7.92. The molecular formula is C22H22ClN3O2S2. The van der Waals surface area contributed by atoms with Crippen molar-refractivity contribution < 1.29 is 8.42 Å². The van der Waals surface area contributed by atoms with E-state index in [1.807, 2.05) is 31.2 Å². The van der Waals surface area contributed by atoms with Crippen LogP contribution in [0.1, 0.15) is 18.1 Å². The molecule has 0 saturated carbocycles. The number of hydrogen-bond donors (Lipinski definition) is 3. The highest BCUT2D eigenvalue weighted by Crippen LogP contribution is 2.23. The standard InChI is InChI=1S/C22H22ClN3O2S2/c1-3-16-5-9-18(10-6-16)24-22(29)25-21-14-20(13-4-15(21)2)30(27,28)26-19-11-7-17(23)8-12-19/h4-14,26H,3H2,1-2H3,(H2,24,25,29). The van der Waals surface area contributed by atoms with E-state index in [9.17, 15) is 8.42 Å². The van der Waals surface area contributed by atoms with Crippen molar-refractivity contribution in [1.29, 1.82) is 0 Å². The van der Waals surface area contributed by atoms with Crippen LogP contribution in [0.15, 0.2) is 71.6 Å². The Balaban J connectivity index is 1.75. The summed E-state index contributed by atoms with van der Waals surface area (Å²) < 4.78 is 28.1. The number of thiocarbonyl (C=S) groups is 1. The molecule has 30 heavy (non-hydrogen) atoms. The molecule has 0 aromatic heterocycles. The van der Waals surface area contributed by atoms with Gasteiger partial charge in [0.25, 0.3) is 10.0 Å². The Labute approximate surface area is 187 Å². The third-order valence-electron chi connectivity index (χ3n) is 4.48. The summed E-state index contributed by atoms with van der Waals surface area (Å²) in [4.78, 5) is 0.126. The molecule has 3 aromatic carbocycles. The van der Waals surface area contributed by atoms with Gasteiger partial charge < -0.3 is 10.6 Å². The summed E-state index contributed by atoms with van der Waals surface area (Å²) in [5, 5.41) is 7.11. The first-order valence-corrected chi connectivity index (χ1v) is 11.6. The third-order valence-corrected chi connectivity index (χ3v) is 6.32. The Bertz CT molecular complexity index is 1150. The molecule has 0 saturated heterocycles. The molecule has 3 aromatic rings. The highest BCUT2D eigenvalue weighted by Gasteiger charge is 2.16. The fraction of sp³-hybridized carbons (Fsp3) is 0.136. The quantitative estimate of drug-likeness (QED) is 0.405. The highest BCUT2D eigenvalue weighted by atomic mass is 35.5. The van der Waals surface area contributed by atoms with Crippen molar-refractivity contribution in [2.24, 2.45) is 0 Å². The molecule has 0 aliphatic carbocycles. The lowest BCUT2D eigenvalue weighted by Gasteiger charge is -2.15. The van der Waals surface area contributed by atoms with Gasteiger partial charge in [0, 0.05) is 22.1 Å². The average molecular weight is 460 g/mol. The van der Waals surface area contributed by atoms with Crippen LogP contribution >= 0.6 is 23.8 Å². The van der Waals surface area contributed by atoms with Gasteiger partial charge in [-0.3, -0.25) is 4.72 Å². The van der Waals surface area contributed by atoms with E-state index in [4.69, 9.17) is 23.8 Å². The molecule has 8 heteroatoms. The molecule has 3 N–H and O–H groups in total. The predicted molar refractivity (Wildman–Crippen MR) is 129 cm³/mol. The van der Waals surface area contributed by atoms with E-state index >= 15 is 0 Å². The van der Waals surface area contributed by atoms with E-state index in [1.165, 1.54) is 5.56 Å². The van der Waals surface area contributed by atoms with Gasteiger partial charge in [0.2, 0.25) is 0 Å². The Morgan fingerprint density at radius 3 is 2.20 bits per heavy atom. The lowest BCUT2D eigenvalue weighted by atomic mass is 10.1. The molecule has 0 amide bonds. The number of hydrogen-bond acceptors (Lipinski definition) is 3. The second-order valence-electron chi connectivity index (χ2n) is 6.72. The van der Waals surface area contributed by atoms with Gasteiger partial charge in [-0.1, -0.05) is 36.7 Å². The Kier molecular flexibility index (Phi) is 6.97. The second-order valence-corrected chi connectivity index (χ2v) is 9.25. The van der Waals surface area contributed by atoms with Gasteiger partial charge in [-0.25, -0.2) is 8.42 Å². The number of rotatable bonds is 6. The Morgan fingerprint density at radius 2 is 1.57 bits per heavy atom. The van der Waals surface area contributed by atoms with Crippen LogP contribution in [0.25, 0.3) is 0 Å². The molecule has 0 atom stereocenters. The molecule has 156 valence electrons. The zero-order valence-corrected chi connectivity index (χ0v) is 19.0. The fourth-order valence-corrected chi connectivity index (χ4v) is 4.18. The minimum atomic E-state index is -3.76. The maximum Gasteiger partial charge on any atom is 0.261 e. The summed E-state index contributed by atoms with van der Waals surface area (Å²) in [6.07, 6.45) is 0.966. The number of sulfonamides is 1. The first kappa shape index (κ1) is 22.1. The van der Waals surface area contributed by atoms with E-state index < -0.39 is 10.0 Å². The summed E-state index contributed by atoms with van der Waals surface area (Å²) in [5.74, 6) is 0. The van der Waals surface area contributed by atoms with Gasteiger partial charge >= 0.3 is 0 Å². The predicted octanol–water partition coefficient (Wildman–Crippen LogP) is 5.82. The molecule has 0 spiro atoms. The number of benzene rings is 3. The maximum atomic E-state index is 12.8. The summed E-state index contributed by atoms with van der Waals surface area (Å²) in [6.45, 7) is 3.98. The van der Waals surface area contributed by atoms with Gasteiger partial charge in [-0.15, -0.1) is 0 Å². The minimum Gasteiger partial charge on any atom is -0.332 e. The van der Waals surface area contributed by atoms with E-state index in [0.29, 0.717) is 21.5 Å². The molecule has 0 bridgehead atoms. The largest absolute Gasteiger partial charge is 0.332 e. The van der Waals surface area contributed by atoms with Crippen LogP contribution in [-0.4, -0.2) is 13.5 Å². The van der Waals surface area contributed by atoms with Gasteiger partial charge in [-0.2, -0.15) is 0 Å². The molecule has 0 radical (unpaired) electrons. The van der Waals surface area contributed by atoms with Crippen molar-refractivity contribution in [3.05, 3.63) is 82.9 Å². The van der Waals surface area contributed by atoms with Crippen molar-refractivity contribution in [2.75, 3.05) is 15.4 Å². The van der Waals surface area contributed by atoms with Gasteiger partial charge in [-0.05, 0) is 85.2 Å². The van der Waals surface area contributed by atoms with Crippen LogP contribution in [0.4, 0.5) is 17.1 Å². The van der Waals surface area contributed by atoms with Crippen molar-refractivity contribution in [3.63, 3.8) is 0 Å². The number of nitrogens with one attached hydrogen (secondary N) is 3. The summed E-state index contributed by atoms with van der Waals surface area (Å²) in [7, 11) is -3.76. The normalized spacial score (nSPS) is 11.0. The summed E-state index contributed by atoms with van der Waals surface area (Å²) >= 11 is 11.2. The van der Waals surface area contributed by atoms with Crippen molar-refractivity contribution >= 4 is 56.0 Å². The van der Waals surface area contributed by atoms with Gasteiger partial charge in [0.05, 0.1) is 4.90 Å². The zero-order chi connectivity index (χ0) is 21.7. The topological polar surface area (TPSA) is 70.2 Å². The molecule has 0 aliphatic rings. The molecule has 3 rings (SSSR count). The van der Waals surface area contributed by atoms with E-state index in [1.54, 1.807) is 42.5 Å². The SMILES string of the molecule is CCc1ccc(NC(=S)Nc2cc(S(=O)(=O)Nc3ccc(Cl)cc3)ccc2C)cc1. The minimum absolute atomic E-state index is 0.126. The molecular weight excluding hydrogens is 438 g/mol. The van der Waals surface area contributed by atoms with Crippen LogP contribution in [0, 0.1) is 6.92 Å². The Hall–Kier alpha value is -2.61. The zero-order valence-electron chi connectivity index (χ0n) is 16.6. The first-order chi connectivity index (χ1) is 14.3. The molecule has 0 heterocycles. The van der Waals surface area contributed by atoms with Crippen molar-refractivity contribution in [3.8, 4) is 0 Å². The van der Waals surface area contributed by atoms with Crippen LogP contribution in [0.3, 0.4) is 0 Å². The Morgan fingerprint density at radius 1 is 0.933 bits per heavy atom. The summed E-state index contributed by atoms with van der Waals surface area (Å²) in [5.41, 5.74) is 4.00. The molecule has 0 unspecified atom stereocenters. The van der Waals surface area contributed by atoms with Gasteiger partial charge in [0.15, 0.2) is 5.11 Å². The van der Waals surface area contributed by atoms with Gasteiger partial charge in [0.1, 0.15) is 0 Å². The number of anilines is 3. The van der Waals surface area contributed by atoms with E-state index in [0.717, 1.165) is 17.7 Å². The number of aryl methyl sites for hydroxylation is 2. The van der Waals surface area contributed by atoms with Crippen LogP contribution in [0.5, 0.6) is 0 Å². The third kappa shape index (κ3) is 5.72. The van der Waals surface area contributed by atoms with Crippen molar-refractivity contribution in [2.45, 2.75) is 25.2 Å². The van der Waals surface area contributed by atoms with E-state index in [2.05, 4.69) is 22.3 Å². The van der Waals surface area contributed by atoms with Crippen LogP contribution < -0.4 is 15.4 Å². The first-order valence-electron chi connectivity index (χ1n) is 9.33. The second kappa shape index (κ2) is 9.47. The maximum absolute atomic E-state index is 12.8. The molecule has 5 nitrogen and oxygen atoms in total. The molecule has 0 aliphatic heterocycles. The van der Waals surface area contributed by atoms with E-state index in [-0.39, 0.29) is 4.90 Å². The monoisotopic (exact) mass is 459 g/mol. The van der Waals surface area contributed by atoms with Crippen LogP contribution in [-0.2, 0) is 16.4 Å². The van der Waals surface area contributed by atoms with Crippen molar-refractivity contribution in [1.82, 2.24) is 0 Å². The number of halogens is 1. The van der Waals surface area contributed by atoms with Crippen LogP contribution in [0.2, 0.25) is 5.02 Å². The average Bonchev–Trinajstić information content (AvgIpc) is 2.71. The fourth-order valence-electron chi connectivity index (χ4n) is 2.74. The lowest BCUT2D eigenvalue weighted by molar-refractivity contribution is 0.601. The molecule has 0 fully saturated rings.